The van der Waals surface area contributed by atoms with E-state index in [0.29, 0.717) is 35.4 Å². The van der Waals surface area contributed by atoms with Crippen LogP contribution in [-0.2, 0) is 27.4 Å². The number of benzene rings is 2. The molecule has 0 unspecified atom stereocenters. The van der Waals surface area contributed by atoms with Crippen LogP contribution < -0.4 is 15.5 Å². The third kappa shape index (κ3) is 5.75. The quantitative estimate of drug-likeness (QED) is 0.421. The van der Waals surface area contributed by atoms with Crippen LogP contribution in [0.15, 0.2) is 30.3 Å². The number of carbonyl (C=O) groups is 2. The molecule has 4 rings (SSSR count). The molecular formula is C24H28BFN2O6. The summed E-state index contributed by atoms with van der Waals surface area (Å²) in [4.78, 5) is 26.9. The molecule has 2 N–H and O–H groups in total. The maximum atomic E-state index is 14.1. The molecule has 180 valence electrons. The Bertz CT molecular complexity index is 1060. The Morgan fingerprint density at radius 2 is 2.03 bits per heavy atom. The first-order valence-corrected chi connectivity index (χ1v) is 11.4. The van der Waals surface area contributed by atoms with Crippen molar-refractivity contribution >= 4 is 24.5 Å². The zero-order valence-corrected chi connectivity index (χ0v) is 19.1. The van der Waals surface area contributed by atoms with E-state index in [9.17, 15) is 19.0 Å². The maximum Gasteiger partial charge on any atom is 0.492 e. The molecule has 0 aliphatic carbocycles. The molecule has 2 aromatic carbocycles. The minimum Gasteiger partial charge on any atom is -0.489 e. The molecule has 10 heteroatoms. The van der Waals surface area contributed by atoms with Crippen molar-refractivity contribution in [1.82, 2.24) is 10.2 Å². The average molecular weight is 470 g/mol. The van der Waals surface area contributed by atoms with Crippen molar-refractivity contribution in [2.75, 3.05) is 32.8 Å². The number of ether oxygens (including phenoxy) is 2. The second kappa shape index (κ2) is 11.0. The normalized spacial score (nSPS) is 15.3. The molecular weight excluding hydrogens is 442 g/mol. The molecule has 0 radical (unpaired) electrons. The van der Waals surface area contributed by atoms with Gasteiger partial charge in [0, 0.05) is 12.1 Å². The van der Waals surface area contributed by atoms with Gasteiger partial charge in [-0.15, -0.1) is 0 Å². The first kappa shape index (κ1) is 24.2. The molecule has 8 nitrogen and oxygen atoms in total. The Balaban J connectivity index is 1.25. The smallest absolute Gasteiger partial charge is 0.489 e. The van der Waals surface area contributed by atoms with Crippen molar-refractivity contribution in [2.45, 2.75) is 33.0 Å². The number of nitrogens with zero attached hydrogens (tertiary/aromatic N) is 1. The highest BCUT2D eigenvalue weighted by Crippen LogP contribution is 2.20. The van der Waals surface area contributed by atoms with Crippen molar-refractivity contribution in [2.24, 2.45) is 0 Å². The van der Waals surface area contributed by atoms with Gasteiger partial charge in [-0.25, -0.2) is 4.39 Å². The number of hydrogen-bond donors (Lipinski definition) is 2. The second-order valence-corrected chi connectivity index (χ2v) is 8.48. The van der Waals surface area contributed by atoms with Gasteiger partial charge in [-0.05, 0) is 73.2 Å². The summed E-state index contributed by atoms with van der Waals surface area (Å²) in [6.45, 7) is 4.84. The van der Waals surface area contributed by atoms with Crippen molar-refractivity contribution < 1.29 is 33.1 Å². The highest BCUT2D eigenvalue weighted by molar-refractivity contribution is 6.62. The average Bonchev–Trinajstić information content (AvgIpc) is 3.48. The van der Waals surface area contributed by atoms with Gasteiger partial charge in [-0.3, -0.25) is 14.5 Å². The molecule has 2 heterocycles. The van der Waals surface area contributed by atoms with E-state index in [1.807, 2.05) is 0 Å². The summed E-state index contributed by atoms with van der Waals surface area (Å²) in [6.07, 6.45) is 2.36. The molecule has 1 amide bonds. The summed E-state index contributed by atoms with van der Waals surface area (Å²) in [7, 11) is -1.06. The largest absolute Gasteiger partial charge is 0.492 e. The first-order chi connectivity index (χ1) is 16.4. The van der Waals surface area contributed by atoms with Gasteiger partial charge in [0.1, 0.15) is 19.8 Å². The lowest BCUT2D eigenvalue weighted by molar-refractivity contribution is -0.143. The van der Waals surface area contributed by atoms with E-state index < -0.39 is 24.8 Å². The fourth-order valence-electron chi connectivity index (χ4n) is 4.25. The van der Waals surface area contributed by atoms with E-state index in [1.165, 1.54) is 31.0 Å². The van der Waals surface area contributed by atoms with E-state index in [4.69, 9.17) is 14.1 Å². The lowest BCUT2D eigenvalue weighted by Gasteiger charge is -2.15. The fourth-order valence-corrected chi connectivity index (χ4v) is 4.25. The third-order valence-corrected chi connectivity index (χ3v) is 6.15. The van der Waals surface area contributed by atoms with Crippen LogP contribution in [0.4, 0.5) is 4.39 Å². The summed E-state index contributed by atoms with van der Waals surface area (Å²) >= 11 is 0. The zero-order valence-electron chi connectivity index (χ0n) is 19.1. The summed E-state index contributed by atoms with van der Waals surface area (Å²) in [5, 5.41) is 12.5. The molecule has 0 saturated carbocycles. The van der Waals surface area contributed by atoms with E-state index in [1.54, 1.807) is 19.1 Å². The van der Waals surface area contributed by atoms with Crippen LogP contribution in [0.5, 0.6) is 5.75 Å². The number of amides is 1. The van der Waals surface area contributed by atoms with E-state index >= 15 is 0 Å². The summed E-state index contributed by atoms with van der Waals surface area (Å²) in [6, 6.07) is 7.69. The molecule has 2 aliphatic heterocycles. The van der Waals surface area contributed by atoms with Crippen LogP contribution in [0.1, 0.15) is 39.9 Å². The predicted octanol–water partition coefficient (Wildman–Crippen LogP) is 1.30. The summed E-state index contributed by atoms with van der Waals surface area (Å²) < 4.78 is 30.0. The number of likely N-dealkylation sites (tertiary alicyclic amines) is 1. The molecule has 0 aromatic heterocycles. The molecule has 1 saturated heterocycles. The molecule has 0 spiro atoms. The molecule has 0 bridgehead atoms. The van der Waals surface area contributed by atoms with Gasteiger partial charge < -0.3 is 24.5 Å². The fraction of sp³-hybridized carbons (Fsp3) is 0.417. The SMILES string of the molecule is Cc1c(C(=O)NCC(=O)OCc2ccc(F)c(OCCN3CCCC3)c2)ccc2c1B(O)OC2. The first-order valence-electron chi connectivity index (χ1n) is 11.4. The van der Waals surface area contributed by atoms with Gasteiger partial charge in [-0.2, -0.15) is 0 Å². The number of rotatable bonds is 9. The van der Waals surface area contributed by atoms with E-state index in [-0.39, 0.29) is 18.9 Å². The Morgan fingerprint density at radius 1 is 1.24 bits per heavy atom. The standard InChI is InChI=1S/C24H28BFN2O6/c1-16-19(6-5-18-15-34-25(31)23(16)18)24(30)27-13-22(29)33-14-17-4-7-20(26)21(12-17)32-11-10-28-8-2-3-9-28/h4-7,12,31H,2-3,8-11,13-15H2,1H3,(H,27,30). The number of hydrogen-bond acceptors (Lipinski definition) is 7. The van der Waals surface area contributed by atoms with Crippen molar-refractivity contribution in [3.05, 3.63) is 58.4 Å². The predicted molar refractivity (Wildman–Crippen MR) is 123 cm³/mol. The molecule has 0 atom stereocenters. The highest BCUT2D eigenvalue weighted by atomic mass is 19.1. The number of fused-ring (bicyclic) bond motifs is 1. The summed E-state index contributed by atoms with van der Waals surface area (Å²) in [5.41, 5.74) is 2.97. The number of nitrogens with one attached hydrogen (secondary N) is 1. The van der Waals surface area contributed by atoms with E-state index in [2.05, 4.69) is 10.2 Å². The van der Waals surface area contributed by atoms with Gasteiger partial charge in [-0.1, -0.05) is 12.1 Å². The number of halogens is 1. The van der Waals surface area contributed by atoms with Crippen molar-refractivity contribution in [1.29, 1.82) is 0 Å². The monoisotopic (exact) mass is 470 g/mol. The van der Waals surface area contributed by atoms with E-state index in [0.717, 1.165) is 25.2 Å². The minimum atomic E-state index is -1.06. The Kier molecular flexibility index (Phi) is 7.82. The van der Waals surface area contributed by atoms with Gasteiger partial charge in [0.25, 0.3) is 5.91 Å². The van der Waals surface area contributed by atoms with Crippen LogP contribution >= 0.6 is 0 Å². The van der Waals surface area contributed by atoms with Crippen LogP contribution in [-0.4, -0.2) is 61.7 Å². The zero-order chi connectivity index (χ0) is 24.1. The number of carbonyl (C=O) groups excluding carboxylic acids is 2. The Morgan fingerprint density at radius 3 is 2.82 bits per heavy atom. The second-order valence-electron chi connectivity index (χ2n) is 8.48. The van der Waals surface area contributed by atoms with Crippen molar-refractivity contribution in [3.8, 4) is 5.75 Å². The molecule has 1 fully saturated rings. The van der Waals surface area contributed by atoms with Crippen LogP contribution in [0.3, 0.4) is 0 Å². The molecule has 34 heavy (non-hydrogen) atoms. The Hall–Kier alpha value is -2.95. The van der Waals surface area contributed by atoms with Gasteiger partial charge >= 0.3 is 13.1 Å². The third-order valence-electron chi connectivity index (χ3n) is 6.15. The molecule has 2 aromatic rings. The minimum absolute atomic E-state index is 0.0706. The van der Waals surface area contributed by atoms with Crippen LogP contribution in [0, 0.1) is 12.7 Å². The number of esters is 1. The van der Waals surface area contributed by atoms with Gasteiger partial charge in [0.05, 0.1) is 6.61 Å². The van der Waals surface area contributed by atoms with Gasteiger partial charge in [0.2, 0.25) is 0 Å². The lowest BCUT2D eigenvalue weighted by atomic mass is 9.75. The van der Waals surface area contributed by atoms with Gasteiger partial charge in [0.15, 0.2) is 11.6 Å². The van der Waals surface area contributed by atoms with Crippen LogP contribution in [0.2, 0.25) is 0 Å². The molecule has 2 aliphatic rings. The van der Waals surface area contributed by atoms with Crippen molar-refractivity contribution in [3.63, 3.8) is 0 Å². The topological polar surface area (TPSA) is 97.3 Å². The summed E-state index contributed by atoms with van der Waals surface area (Å²) in [5.74, 6) is -1.42. The highest BCUT2D eigenvalue weighted by Gasteiger charge is 2.31. The maximum absolute atomic E-state index is 14.1. The Labute approximate surface area is 198 Å². The lowest BCUT2D eigenvalue weighted by Crippen LogP contribution is -2.35. The van der Waals surface area contributed by atoms with Crippen LogP contribution in [0.25, 0.3) is 0 Å².